The number of rotatable bonds is 9. The molecule has 1 N–H and O–H groups in total. The second-order valence-electron chi connectivity index (χ2n) is 8.71. The Morgan fingerprint density at radius 1 is 1.06 bits per heavy atom. The number of aromatic nitrogens is 1. The monoisotopic (exact) mass is 659 g/mol. The minimum Gasteiger partial charge on any atom is -0.512 e. The average molecular weight is 659 g/mol. The van der Waals surface area contributed by atoms with E-state index in [0.717, 1.165) is 35.8 Å². The van der Waals surface area contributed by atoms with Crippen molar-refractivity contribution in [2.75, 3.05) is 0 Å². The molecule has 3 aromatic rings. The van der Waals surface area contributed by atoms with Gasteiger partial charge in [-0.25, -0.2) is 4.98 Å². The summed E-state index contributed by atoms with van der Waals surface area (Å²) in [5, 5.41) is 13.3. The number of hydrogen-bond acceptors (Lipinski definition) is 5. The van der Waals surface area contributed by atoms with Crippen molar-refractivity contribution in [2.45, 2.75) is 67.2 Å². The Morgan fingerprint density at radius 3 is 2.26 bits per heavy atom. The summed E-state index contributed by atoms with van der Waals surface area (Å²) in [5.74, 6) is 1.62. The first-order chi connectivity index (χ1) is 15.7. The molecule has 0 aliphatic rings. The largest absolute Gasteiger partial charge is 0.512 e. The van der Waals surface area contributed by atoms with E-state index in [2.05, 4.69) is 17.1 Å². The number of hydrogen-bond donors (Lipinski definition) is 1. The van der Waals surface area contributed by atoms with Crippen molar-refractivity contribution in [3.05, 3.63) is 65.9 Å². The summed E-state index contributed by atoms with van der Waals surface area (Å²) in [4.78, 5) is 16.4. The first-order valence-corrected chi connectivity index (χ1v) is 12.5. The van der Waals surface area contributed by atoms with Gasteiger partial charge in [0.05, 0.1) is 4.70 Å². The van der Waals surface area contributed by atoms with Crippen LogP contribution in [-0.4, -0.2) is 15.9 Å². The third kappa shape index (κ3) is 7.49. The van der Waals surface area contributed by atoms with Crippen LogP contribution >= 0.6 is 11.3 Å². The molecule has 0 unspecified atom stereocenters. The minimum atomic E-state index is -0.337. The number of aliphatic hydroxyl groups excluding tert-OH is 1. The van der Waals surface area contributed by atoms with Gasteiger partial charge in [-0.1, -0.05) is 41.5 Å². The van der Waals surface area contributed by atoms with Crippen LogP contribution in [0.1, 0.15) is 67.2 Å². The van der Waals surface area contributed by atoms with Gasteiger partial charge in [0.15, 0.2) is 5.78 Å². The molecule has 4 nitrogen and oxygen atoms in total. The van der Waals surface area contributed by atoms with Gasteiger partial charge in [0.2, 0.25) is 5.88 Å². The minimum absolute atomic E-state index is 0. The van der Waals surface area contributed by atoms with Gasteiger partial charge in [0.1, 0.15) is 5.76 Å². The summed E-state index contributed by atoms with van der Waals surface area (Å²) in [7, 11) is 0. The molecule has 2 heterocycles. The van der Waals surface area contributed by atoms with Crippen molar-refractivity contribution >= 4 is 27.2 Å². The summed E-state index contributed by atoms with van der Waals surface area (Å²) in [6.07, 6.45) is 6.51. The van der Waals surface area contributed by atoms with Crippen LogP contribution in [0.5, 0.6) is 11.6 Å². The van der Waals surface area contributed by atoms with Crippen molar-refractivity contribution < 1.29 is 34.7 Å². The van der Waals surface area contributed by atoms with Gasteiger partial charge in [-0.2, -0.15) is 18.2 Å². The Hall–Kier alpha value is -2.01. The normalized spacial score (nSPS) is 11.9. The van der Waals surface area contributed by atoms with Crippen molar-refractivity contribution in [1.82, 2.24) is 4.98 Å². The van der Waals surface area contributed by atoms with E-state index in [1.54, 1.807) is 17.5 Å². The number of thiophene rings is 1. The van der Waals surface area contributed by atoms with Crippen LogP contribution in [0.25, 0.3) is 10.1 Å². The number of carbonyl (C=O) groups excluding carboxylic acids is 1. The summed E-state index contributed by atoms with van der Waals surface area (Å²) < 4.78 is 6.76. The topological polar surface area (TPSA) is 59.4 Å². The summed E-state index contributed by atoms with van der Waals surface area (Å²) in [6, 6.07) is 14.6. The third-order valence-electron chi connectivity index (χ3n) is 6.83. The molecule has 34 heavy (non-hydrogen) atoms. The van der Waals surface area contributed by atoms with E-state index in [9.17, 15) is 9.90 Å². The molecule has 0 atom stereocenters. The van der Waals surface area contributed by atoms with Crippen molar-refractivity contribution in [3.63, 3.8) is 0 Å². The van der Waals surface area contributed by atoms with Crippen LogP contribution in [0.2, 0.25) is 0 Å². The summed E-state index contributed by atoms with van der Waals surface area (Å²) >= 11 is 1.63. The number of pyridine rings is 1. The molecule has 2 aromatic heterocycles. The molecule has 187 valence electrons. The Bertz CT molecular complexity index is 1050. The van der Waals surface area contributed by atoms with E-state index in [0.29, 0.717) is 11.6 Å². The molecule has 1 aromatic carbocycles. The Kier molecular flexibility index (Phi) is 12.2. The molecule has 0 saturated heterocycles. The molecule has 0 amide bonds. The number of carbonyl (C=O) groups is 1. The smallest absolute Gasteiger partial charge is 0.235 e. The van der Waals surface area contributed by atoms with Crippen LogP contribution in [0, 0.1) is 16.9 Å². The fourth-order valence-corrected chi connectivity index (χ4v) is 3.99. The maximum Gasteiger partial charge on any atom is 0.235 e. The number of aliphatic hydroxyl groups is 1. The number of ether oxygens (including phenoxy) is 1. The number of allylic oxidation sites excluding steroid dienone is 2. The van der Waals surface area contributed by atoms with Gasteiger partial charge in [0.25, 0.3) is 0 Å². The van der Waals surface area contributed by atoms with Gasteiger partial charge >= 0.3 is 0 Å². The van der Waals surface area contributed by atoms with Crippen LogP contribution in [0.15, 0.2) is 59.8 Å². The molecule has 0 saturated carbocycles. The first kappa shape index (κ1) is 30.0. The molecule has 3 rings (SSSR count). The quantitative estimate of drug-likeness (QED) is 0.142. The van der Waals surface area contributed by atoms with E-state index in [1.807, 2.05) is 77.3 Å². The van der Waals surface area contributed by atoms with E-state index in [-0.39, 0.29) is 42.5 Å². The van der Waals surface area contributed by atoms with Crippen molar-refractivity contribution in [3.8, 4) is 11.6 Å². The molecule has 1 radical (unpaired) electrons. The molecular weight excluding hydrogens is 623 g/mol. The summed E-state index contributed by atoms with van der Waals surface area (Å²) in [6.45, 7) is 12.1. The molecule has 0 aliphatic heterocycles. The molecule has 0 aliphatic carbocycles. The van der Waals surface area contributed by atoms with Gasteiger partial charge in [-0.15, -0.1) is 23.5 Å². The standard InChI is InChI=1S/C15H28O2.C13H8NOS.Ir/c1-7-14(5,8-2)12(16)11-13(17)15(6,9-3)10-4;1-2-4-11(5-3-1)15-13-12-10(6-8-14-13)7-9-16-12;/h11,16H,7-10H2,1-6H3;1-4,6-9H;/q;-1;/b12-11-;;. The molecule has 0 spiro atoms. The summed E-state index contributed by atoms with van der Waals surface area (Å²) in [5.41, 5.74) is -0.603. The predicted molar refractivity (Wildman–Crippen MR) is 138 cm³/mol. The maximum absolute atomic E-state index is 12.2. The zero-order valence-corrected chi connectivity index (χ0v) is 24.2. The first-order valence-electron chi connectivity index (χ1n) is 11.6. The predicted octanol–water partition coefficient (Wildman–Crippen LogP) is 8.54. The van der Waals surface area contributed by atoms with E-state index < -0.39 is 0 Å². The van der Waals surface area contributed by atoms with E-state index >= 15 is 0 Å². The van der Waals surface area contributed by atoms with E-state index in [4.69, 9.17) is 4.74 Å². The number of para-hydroxylation sites is 1. The van der Waals surface area contributed by atoms with Crippen LogP contribution in [0.4, 0.5) is 0 Å². The van der Waals surface area contributed by atoms with Gasteiger partial charge in [-0.05, 0) is 48.6 Å². The number of nitrogens with zero attached hydrogens (tertiary/aromatic N) is 1. The van der Waals surface area contributed by atoms with Gasteiger partial charge in [-0.3, -0.25) is 4.79 Å². The molecular formula is C28H36IrNO3S-. The SMILES string of the molecule is CCC(C)(CC)C(=O)/C=C(\O)C(C)(CC)CC.[Ir].[c-]1ccccc1Oc1nccc2ccsc12. The van der Waals surface area contributed by atoms with E-state index in [1.165, 1.54) is 6.08 Å². The van der Waals surface area contributed by atoms with Gasteiger partial charge in [0, 0.05) is 49.0 Å². The zero-order valence-electron chi connectivity index (χ0n) is 21.0. The number of fused-ring (bicyclic) bond motifs is 1. The Labute approximate surface area is 221 Å². The molecule has 0 fully saturated rings. The van der Waals surface area contributed by atoms with Crippen molar-refractivity contribution in [1.29, 1.82) is 0 Å². The average Bonchev–Trinajstić information content (AvgIpc) is 3.34. The second-order valence-corrected chi connectivity index (χ2v) is 9.63. The Balaban J connectivity index is 0.000000330. The fourth-order valence-electron chi connectivity index (χ4n) is 3.17. The van der Waals surface area contributed by atoms with Crippen LogP contribution in [-0.2, 0) is 24.9 Å². The van der Waals surface area contributed by atoms with Crippen LogP contribution in [0.3, 0.4) is 0 Å². The van der Waals surface area contributed by atoms with Crippen LogP contribution < -0.4 is 4.74 Å². The second kappa shape index (κ2) is 13.8. The third-order valence-corrected chi connectivity index (χ3v) is 7.74. The maximum atomic E-state index is 12.2. The number of benzene rings is 1. The number of ketones is 1. The molecule has 0 bridgehead atoms. The Morgan fingerprint density at radius 2 is 1.71 bits per heavy atom. The molecule has 6 heteroatoms. The van der Waals surface area contributed by atoms with Gasteiger partial charge < -0.3 is 9.84 Å². The van der Waals surface area contributed by atoms with Crippen molar-refractivity contribution in [2.24, 2.45) is 10.8 Å². The zero-order chi connectivity index (χ0) is 24.5. The fraction of sp³-hybridized carbons (Fsp3) is 0.429.